The van der Waals surface area contributed by atoms with E-state index in [0.29, 0.717) is 6.54 Å². The van der Waals surface area contributed by atoms with Gasteiger partial charge in [0.2, 0.25) is 0 Å². The molecule has 1 fully saturated rings. The van der Waals surface area contributed by atoms with Gasteiger partial charge in [-0.2, -0.15) is 5.26 Å². The Morgan fingerprint density at radius 1 is 1.00 bits per heavy atom. The van der Waals surface area contributed by atoms with E-state index in [-0.39, 0.29) is 0 Å². The van der Waals surface area contributed by atoms with Gasteiger partial charge < -0.3 is 10.2 Å². The maximum Gasteiger partial charge on any atom is 0.0995 e. The van der Waals surface area contributed by atoms with Crippen molar-refractivity contribution >= 4 is 11.4 Å². The summed E-state index contributed by atoms with van der Waals surface area (Å²) >= 11 is 0. The molecule has 2 aromatic carbocycles. The third-order valence-electron chi connectivity index (χ3n) is 3.96. The van der Waals surface area contributed by atoms with E-state index in [1.165, 1.54) is 31.6 Å². The summed E-state index contributed by atoms with van der Waals surface area (Å²) in [7, 11) is 0. The second-order valence-corrected chi connectivity index (χ2v) is 5.36. The van der Waals surface area contributed by atoms with E-state index in [1.54, 1.807) is 0 Å². The van der Waals surface area contributed by atoms with Crippen LogP contribution in [0.1, 0.15) is 24.0 Å². The molecule has 1 N–H and O–H groups in total. The van der Waals surface area contributed by atoms with Gasteiger partial charge in [0.05, 0.1) is 11.6 Å². The lowest BCUT2D eigenvalue weighted by atomic mass is 10.1. The second kappa shape index (κ2) is 6.32. The number of nitrogens with one attached hydrogen (secondary N) is 1. The van der Waals surface area contributed by atoms with Crippen molar-refractivity contribution in [2.75, 3.05) is 23.3 Å². The van der Waals surface area contributed by atoms with E-state index < -0.39 is 0 Å². The lowest BCUT2D eigenvalue weighted by molar-refractivity contribution is 0.949. The van der Waals surface area contributed by atoms with Gasteiger partial charge in [0.1, 0.15) is 0 Å². The molecule has 0 spiro atoms. The Bertz CT molecular complexity index is 634. The Hall–Kier alpha value is -2.47. The first kappa shape index (κ1) is 13.5. The first-order chi connectivity index (χ1) is 10.4. The molecule has 0 aromatic heterocycles. The van der Waals surface area contributed by atoms with Crippen molar-refractivity contribution < 1.29 is 0 Å². The average Bonchev–Trinajstić information content (AvgIpc) is 3.08. The van der Waals surface area contributed by atoms with E-state index in [0.717, 1.165) is 16.8 Å². The van der Waals surface area contributed by atoms with Crippen LogP contribution in [-0.2, 0) is 6.54 Å². The van der Waals surface area contributed by atoms with Crippen LogP contribution in [0.2, 0.25) is 0 Å². The summed E-state index contributed by atoms with van der Waals surface area (Å²) in [4.78, 5) is 2.43. The molecule has 1 saturated heterocycles. The fourth-order valence-electron chi connectivity index (χ4n) is 2.75. The summed E-state index contributed by atoms with van der Waals surface area (Å²) in [6.45, 7) is 3.01. The van der Waals surface area contributed by atoms with Crippen LogP contribution in [0.25, 0.3) is 0 Å². The molecule has 1 aliphatic heterocycles. The number of nitriles is 1. The summed E-state index contributed by atoms with van der Waals surface area (Å²) in [6.07, 6.45) is 2.59. The fourth-order valence-corrected chi connectivity index (χ4v) is 2.75. The van der Waals surface area contributed by atoms with Crippen molar-refractivity contribution in [2.45, 2.75) is 19.4 Å². The zero-order valence-corrected chi connectivity index (χ0v) is 12.0. The van der Waals surface area contributed by atoms with Crippen molar-refractivity contribution in [3.8, 4) is 6.07 Å². The third-order valence-corrected chi connectivity index (χ3v) is 3.96. The summed E-state index contributed by atoms with van der Waals surface area (Å²) in [5.41, 5.74) is 4.16. The fraction of sp³-hybridized carbons (Fsp3) is 0.278. The predicted molar refractivity (Wildman–Crippen MR) is 86.4 cm³/mol. The van der Waals surface area contributed by atoms with Gasteiger partial charge in [-0.3, -0.25) is 0 Å². The lowest BCUT2D eigenvalue weighted by Gasteiger charge is -2.18. The zero-order chi connectivity index (χ0) is 14.5. The van der Waals surface area contributed by atoms with Crippen LogP contribution in [0.5, 0.6) is 0 Å². The quantitative estimate of drug-likeness (QED) is 0.924. The van der Waals surface area contributed by atoms with Gasteiger partial charge in [0.15, 0.2) is 0 Å². The summed E-state index contributed by atoms with van der Waals surface area (Å²) in [5.74, 6) is 0. The number of hydrogen-bond donors (Lipinski definition) is 1. The molecule has 0 bridgehead atoms. The van der Waals surface area contributed by atoms with Crippen molar-refractivity contribution in [1.82, 2.24) is 0 Å². The standard InChI is InChI=1S/C18H19N3/c19-13-15-5-1-2-6-16(15)14-20-17-7-9-18(10-8-17)21-11-3-4-12-21/h1-2,5-10,20H,3-4,11-12,14H2. The zero-order valence-electron chi connectivity index (χ0n) is 12.0. The normalized spacial score (nSPS) is 14.0. The van der Waals surface area contributed by atoms with Crippen molar-refractivity contribution in [3.63, 3.8) is 0 Å². The van der Waals surface area contributed by atoms with Crippen LogP contribution < -0.4 is 10.2 Å². The number of nitrogens with zero attached hydrogens (tertiary/aromatic N) is 2. The van der Waals surface area contributed by atoms with E-state index in [2.05, 4.69) is 40.6 Å². The van der Waals surface area contributed by atoms with Gasteiger partial charge in [0, 0.05) is 31.0 Å². The van der Waals surface area contributed by atoms with E-state index in [4.69, 9.17) is 5.26 Å². The van der Waals surface area contributed by atoms with Gasteiger partial charge in [0.25, 0.3) is 0 Å². The van der Waals surface area contributed by atoms with Crippen LogP contribution in [0, 0.1) is 11.3 Å². The largest absolute Gasteiger partial charge is 0.381 e. The highest BCUT2D eigenvalue weighted by Crippen LogP contribution is 2.22. The minimum Gasteiger partial charge on any atom is -0.381 e. The Morgan fingerprint density at radius 3 is 2.43 bits per heavy atom. The lowest BCUT2D eigenvalue weighted by Crippen LogP contribution is -2.17. The Kier molecular flexibility index (Phi) is 4.07. The molecule has 0 atom stereocenters. The average molecular weight is 277 g/mol. The van der Waals surface area contributed by atoms with E-state index >= 15 is 0 Å². The Balaban J connectivity index is 1.64. The molecular formula is C18H19N3. The Morgan fingerprint density at radius 2 is 1.71 bits per heavy atom. The molecule has 3 rings (SSSR count). The monoisotopic (exact) mass is 277 g/mol. The van der Waals surface area contributed by atoms with Gasteiger partial charge in [-0.05, 0) is 48.7 Å². The smallest absolute Gasteiger partial charge is 0.0995 e. The van der Waals surface area contributed by atoms with Gasteiger partial charge >= 0.3 is 0 Å². The van der Waals surface area contributed by atoms with Crippen LogP contribution in [0.15, 0.2) is 48.5 Å². The topological polar surface area (TPSA) is 39.1 Å². The summed E-state index contributed by atoms with van der Waals surface area (Å²) < 4.78 is 0. The van der Waals surface area contributed by atoms with Crippen molar-refractivity contribution in [3.05, 3.63) is 59.7 Å². The summed E-state index contributed by atoms with van der Waals surface area (Å²) in [5, 5.41) is 12.5. The first-order valence-electron chi connectivity index (χ1n) is 7.44. The van der Waals surface area contributed by atoms with E-state index in [9.17, 15) is 0 Å². The maximum absolute atomic E-state index is 9.09. The minimum absolute atomic E-state index is 0.673. The highest BCUT2D eigenvalue weighted by molar-refractivity contribution is 5.56. The molecule has 3 heteroatoms. The SMILES string of the molecule is N#Cc1ccccc1CNc1ccc(N2CCCC2)cc1. The molecule has 2 aromatic rings. The highest BCUT2D eigenvalue weighted by atomic mass is 15.1. The van der Waals surface area contributed by atoms with Crippen LogP contribution >= 0.6 is 0 Å². The molecule has 1 heterocycles. The second-order valence-electron chi connectivity index (χ2n) is 5.36. The van der Waals surface area contributed by atoms with Gasteiger partial charge in [-0.15, -0.1) is 0 Å². The van der Waals surface area contributed by atoms with E-state index in [1.807, 2.05) is 24.3 Å². The molecule has 3 nitrogen and oxygen atoms in total. The number of rotatable bonds is 4. The van der Waals surface area contributed by atoms with Crippen LogP contribution in [-0.4, -0.2) is 13.1 Å². The molecule has 0 saturated carbocycles. The molecule has 106 valence electrons. The minimum atomic E-state index is 0.673. The number of benzene rings is 2. The molecule has 1 aliphatic rings. The highest BCUT2D eigenvalue weighted by Gasteiger charge is 2.11. The maximum atomic E-state index is 9.09. The molecule has 0 unspecified atom stereocenters. The van der Waals surface area contributed by atoms with Crippen molar-refractivity contribution in [1.29, 1.82) is 5.26 Å². The Labute approximate surface area is 125 Å². The number of hydrogen-bond acceptors (Lipinski definition) is 3. The van der Waals surface area contributed by atoms with Gasteiger partial charge in [-0.25, -0.2) is 0 Å². The molecule has 0 amide bonds. The summed E-state index contributed by atoms with van der Waals surface area (Å²) in [6, 6.07) is 18.5. The first-order valence-corrected chi connectivity index (χ1v) is 7.44. The number of anilines is 2. The van der Waals surface area contributed by atoms with Crippen LogP contribution in [0.3, 0.4) is 0 Å². The van der Waals surface area contributed by atoms with Crippen molar-refractivity contribution in [2.24, 2.45) is 0 Å². The molecule has 0 aliphatic carbocycles. The third kappa shape index (κ3) is 3.17. The van der Waals surface area contributed by atoms with Gasteiger partial charge in [-0.1, -0.05) is 18.2 Å². The molecule has 21 heavy (non-hydrogen) atoms. The molecular weight excluding hydrogens is 258 g/mol. The predicted octanol–water partition coefficient (Wildman–Crippen LogP) is 3.77. The van der Waals surface area contributed by atoms with Crippen LogP contribution in [0.4, 0.5) is 11.4 Å². The molecule has 0 radical (unpaired) electrons.